The number of hydrogen-bond donors (Lipinski definition) is 5. The summed E-state index contributed by atoms with van der Waals surface area (Å²) in [5.74, 6) is -0.430. The van der Waals surface area contributed by atoms with Crippen LogP contribution in [0, 0.1) is 0 Å². The highest BCUT2D eigenvalue weighted by Gasteiger charge is 2.46. The summed E-state index contributed by atoms with van der Waals surface area (Å²) in [6.07, 6.45) is -5.06. The molecule has 1 amide bonds. The Kier molecular flexibility index (Phi) is 4.00. The van der Waals surface area contributed by atoms with E-state index in [0.717, 1.165) is 0 Å². The Morgan fingerprint density at radius 2 is 2.13 bits per heavy atom. The zero-order valence-corrected chi connectivity index (χ0v) is 8.20. The second kappa shape index (κ2) is 4.86. The van der Waals surface area contributed by atoms with Crippen molar-refractivity contribution >= 4 is 5.91 Å². The minimum atomic E-state index is -1.39. The molecule has 1 aliphatic heterocycles. The van der Waals surface area contributed by atoms with Gasteiger partial charge in [0.2, 0.25) is 5.91 Å². The number of hydrogen-bond acceptors (Lipinski definition) is 6. The van der Waals surface area contributed by atoms with E-state index in [1.54, 1.807) is 0 Å². The van der Waals surface area contributed by atoms with E-state index in [9.17, 15) is 20.1 Å². The molecule has 0 radical (unpaired) electrons. The highest BCUT2D eigenvalue weighted by Crippen LogP contribution is 2.22. The van der Waals surface area contributed by atoms with Crippen molar-refractivity contribution in [2.24, 2.45) is 0 Å². The minimum absolute atomic E-state index is 0.430. The van der Waals surface area contributed by atoms with Crippen LogP contribution in [0.1, 0.15) is 6.92 Å². The van der Waals surface area contributed by atoms with Gasteiger partial charge in [-0.25, -0.2) is 0 Å². The average molecular weight is 221 g/mol. The molecule has 0 saturated carbocycles. The van der Waals surface area contributed by atoms with E-state index in [-0.39, 0.29) is 0 Å². The number of aliphatic hydroxyl groups is 4. The highest BCUT2D eigenvalue weighted by molar-refractivity contribution is 5.73. The van der Waals surface area contributed by atoms with Crippen molar-refractivity contribution in [2.45, 2.75) is 37.6 Å². The van der Waals surface area contributed by atoms with E-state index in [0.29, 0.717) is 0 Å². The Bertz CT molecular complexity index is 235. The summed E-state index contributed by atoms with van der Waals surface area (Å²) in [6.45, 7) is 0.635. The summed E-state index contributed by atoms with van der Waals surface area (Å²) in [5.41, 5.74) is 0. The van der Waals surface area contributed by atoms with Crippen LogP contribution in [0.25, 0.3) is 0 Å². The smallest absolute Gasteiger partial charge is 0.217 e. The molecule has 0 aromatic carbocycles. The molecule has 7 nitrogen and oxygen atoms in total. The fourth-order valence-corrected chi connectivity index (χ4v) is 1.51. The van der Waals surface area contributed by atoms with E-state index >= 15 is 0 Å². The lowest BCUT2D eigenvalue weighted by Gasteiger charge is -2.20. The number of rotatable bonds is 3. The second-order valence-electron chi connectivity index (χ2n) is 3.46. The van der Waals surface area contributed by atoms with Crippen molar-refractivity contribution in [3.63, 3.8) is 0 Å². The van der Waals surface area contributed by atoms with Gasteiger partial charge in [0.05, 0.1) is 6.61 Å². The minimum Gasteiger partial charge on any atom is -0.394 e. The molecule has 1 aliphatic rings. The zero-order valence-electron chi connectivity index (χ0n) is 8.20. The first kappa shape index (κ1) is 12.3. The molecule has 0 aliphatic carbocycles. The van der Waals surface area contributed by atoms with Crippen LogP contribution in [-0.2, 0) is 9.53 Å². The maximum atomic E-state index is 10.7. The fourth-order valence-electron chi connectivity index (χ4n) is 1.51. The first-order valence-corrected chi connectivity index (χ1v) is 4.55. The topological polar surface area (TPSA) is 119 Å². The second-order valence-corrected chi connectivity index (χ2v) is 3.46. The van der Waals surface area contributed by atoms with Gasteiger partial charge >= 0.3 is 0 Å². The molecule has 0 spiro atoms. The molecule has 5 atom stereocenters. The Morgan fingerprint density at radius 1 is 1.53 bits per heavy atom. The number of nitrogens with one attached hydrogen (secondary N) is 1. The molecule has 1 fully saturated rings. The number of carbonyl (C=O) groups is 1. The maximum absolute atomic E-state index is 10.7. The third-order valence-corrected chi connectivity index (χ3v) is 2.24. The first-order chi connectivity index (χ1) is 6.97. The van der Waals surface area contributed by atoms with Gasteiger partial charge in [-0.2, -0.15) is 0 Å². The lowest BCUT2D eigenvalue weighted by atomic mass is 10.0. The monoisotopic (exact) mass is 221 g/mol. The Hall–Kier alpha value is -0.730. The van der Waals surface area contributed by atoms with Crippen molar-refractivity contribution in [3.05, 3.63) is 0 Å². The average Bonchev–Trinajstić information content (AvgIpc) is 2.44. The Labute approximate surface area is 86.3 Å². The Balaban J connectivity index is 2.65. The summed E-state index contributed by atoms with van der Waals surface area (Å²) in [7, 11) is 0. The van der Waals surface area contributed by atoms with Gasteiger partial charge in [-0.1, -0.05) is 0 Å². The summed E-state index contributed by atoms with van der Waals surface area (Å²) in [4.78, 5) is 10.7. The van der Waals surface area contributed by atoms with Crippen LogP contribution >= 0.6 is 0 Å². The fraction of sp³-hybridized carbons (Fsp3) is 0.875. The molecular formula is C8H15NO6. The summed E-state index contributed by atoms with van der Waals surface area (Å²) < 4.78 is 4.82. The van der Waals surface area contributed by atoms with Gasteiger partial charge in [0.15, 0.2) is 6.29 Å². The van der Waals surface area contributed by atoms with Gasteiger partial charge in [0.1, 0.15) is 24.4 Å². The van der Waals surface area contributed by atoms with Crippen molar-refractivity contribution in [1.29, 1.82) is 0 Å². The number of amides is 1. The molecule has 7 heteroatoms. The summed E-state index contributed by atoms with van der Waals surface area (Å²) in [5, 5.41) is 39.1. The third-order valence-electron chi connectivity index (χ3n) is 2.24. The predicted molar refractivity (Wildman–Crippen MR) is 47.6 cm³/mol. The molecule has 0 aromatic rings. The van der Waals surface area contributed by atoms with Crippen LogP contribution in [0.2, 0.25) is 0 Å². The van der Waals surface area contributed by atoms with Crippen LogP contribution in [-0.4, -0.2) is 63.6 Å². The van der Waals surface area contributed by atoms with Crippen LogP contribution in [0.3, 0.4) is 0 Å². The highest BCUT2D eigenvalue weighted by atomic mass is 16.6. The predicted octanol–water partition coefficient (Wildman–Crippen LogP) is -3.08. The van der Waals surface area contributed by atoms with Gasteiger partial charge in [-0.15, -0.1) is 0 Å². The SMILES string of the molecule is CC(=O)N[C@H]1C(O)O[C@@H]([C@H](O)CO)[C@@H]1O. The lowest BCUT2D eigenvalue weighted by Crippen LogP contribution is -2.48. The Morgan fingerprint density at radius 3 is 2.60 bits per heavy atom. The molecule has 0 aromatic heterocycles. The largest absolute Gasteiger partial charge is 0.394 e. The van der Waals surface area contributed by atoms with Crippen molar-refractivity contribution < 1.29 is 30.0 Å². The molecule has 1 heterocycles. The third kappa shape index (κ3) is 2.64. The van der Waals surface area contributed by atoms with Crippen LogP contribution in [0.5, 0.6) is 0 Å². The standard InChI is InChI=1S/C8H15NO6/c1-3(11)9-5-6(13)7(4(12)2-10)15-8(5)14/h4-8,10,12-14H,2H2,1H3,(H,9,11)/t4-,5-,6-,7+,8?/m1/s1. The molecule has 1 unspecified atom stereocenters. The van der Waals surface area contributed by atoms with Gasteiger partial charge in [-0.3, -0.25) is 4.79 Å². The van der Waals surface area contributed by atoms with Gasteiger partial charge in [-0.05, 0) is 0 Å². The van der Waals surface area contributed by atoms with Gasteiger partial charge in [0, 0.05) is 6.92 Å². The van der Waals surface area contributed by atoms with Crippen LogP contribution < -0.4 is 5.32 Å². The molecular weight excluding hydrogens is 206 g/mol. The van der Waals surface area contributed by atoms with Crippen molar-refractivity contribution in [3.8, 4) is 0 Å². The van der Waals surface area contributed by atoms with E-state index in [2.05, 4.69) is 5.32 Å². The van der Waals surface area contributed by atoms with E-state index in [1.165, 1.54) is 6.92 Å². The quantitative estimate of drug-likeness (QED) is 0.345. The molecule has 5 N–H and O–H groups in total. The summed E-state index contributed by atoms with van der Waals surface area (Å²) in [6, 6.07) is -0.992. The molecule has 0 bridgehead atoms. The normalized spacial score (nSPS) is 37.7. The molecule has 1 saturated heterocycles. The van der Waals surface area contributed by atoms with E-state index in [4.69, 9.17) is 9.84 Å². The van der Waals surface area contributed by atoms with E-state index in [1.807, 2.05) is 0 Å². The molecule has 1 rings (SSSR count). The molecule has 15 heavy (non-hydrogen) atoms. The number of aliphatic hydroxyl groups excluding tert-OH is 4. The number of carbonyl (C=O) groups excluding carboxylic acids is 1. The number of ether oxygens (including phenoxy) is 1. The van der Waals surface area contributed by atoms with Crippen molar-refractivity contribution in [2.75, 3.05) is 6.61 Å². The summed E-state index contributed by atoms with van der Waals surface area (Å²) >= 11 is 0. The van der Waals surface area contributed by atoms with E-state index < -0.39 is 43.2 Å². The van der Waals surface area contributed by atoms with Crippen LogP contribution in [0.15, 0.2) is 0 Å². The van der Waals surface area contributed by atoms with Crippen molar-refractivity contribution in [1.82, 2.24) is 5.32 Å². The van der Waals surface area contributed by atoms with Gasteiger partial charge in [0.25, 0.3) is 0 Å². The first-order valence-electron chi connectivity index (χ1n) is 4.55. The molecule has 88 valence electrons. The van der Waals surface area contributed by atoms with Crippen LogP contribution in [0.4, 0.5) is 0 Å². The van der Waals surface area contributed by atoms with Gasteiger partial charge < -0.3 is 30.5 Å². The lowest BCUT2D eigenvalue weighted by molar-refractivity contribution is -0.141. The maximum Gasteiger partial charge on any atom is 0.217 e. The zero-order chi connectivity index (χ0) is 11.6.